The molecular weight excluding hydrogens is 330 g/mol. The number of hydrogen-bond donors (Lipinski definition) is 1. The number of benzene rings is 2. The van der Waals surface area contributed by atoms with Crippen LogP contribution in [-0.2, 0) is 0 Å². The van der Waals surface area contributed by atoms with Gasteiger partial charge in [-0.25, -0.2) is 0 Å². The summed E-state index contributed by atoms with van der Waals surface area (Å²) in [4.78, 5) is 24.9. The number of carbonyl (C=O) groups is 1. The van der Waals surface area contributed by atoms with Crippen molar-refractivity contribution in [2.24, 2.45) is 0 Å². The van der Waals surface area contributed by atoms with Crippen LogP contribution < -0.4 is 5.32 Å². The first-order valence-corrected chi connectivity index (χ1v) is 7.72. The van der Waals surface area contributed by atoms with E-state index in [0.717, 1.165) is 5.56 Å². The lowest BCUT2D eigenvalue weighted by atomic mass is 10.1. The van der Waals surface area contributed by atoms with Gasteiger partial charge in [0.1, 0.15) is 10.6 Å². The minimum absolute atomic E-state index is 0.0435. The fraction of sp³-hybridized carbons (Fsp3) is 0.235. The van der Waals surface area contributed by atoms with Gasteiger partial charge >= 0.3 is 5.69 Å². The van der Waals surface area contributed by atoms with Gasteiger partial charge in [0.15, 0.2) is 0 Å². The number of nitro benzene ring substituents is 1. The van der Waals surface area contributed by atoms with Gasteiger partial charge in [-0.05, 0) is 31.8 Å². The van der Waals surface area contributed by atoms with Crippen molar-refractivity contribution in [1.82, 2.24) is 10.2 Å². The molecule has 0 radical (unpaired) electrons. The molecule has 24 heavy (non-hydrogen) atoms. The number of nitro groups is 1. The van der Waals surface area contributed by atoms with Crippen LogP contribution in [0.5, 0.6) is 0 Å². The SMILES string of the molecule is CN(C)[C@H](CNC(=O)c1cccc(Cl)c1[N+](=O)[O-])c1ccccc1. The molecule has 0 unspecified atom stereocenters. The Labute approximate surface area is 145 Å². The highest BCUT2D eigenvalue weighted by atomic mass is 35.5. The van der Waals surface area contributed by atoms with Crippen molar-refractivity contribution in [3.8, 4) is 0 Å². The Morgan fingerprint density at radius 2 is 1.88 bits per heavy atom. The van der Waals surface area contributed by atoms with Crippen LogP contribution in [0.1, 0.15) is 22.0 Å². The van der Waals surface area contributed by atoms with E-state index in [1.807, 2.05) is 49.3 Å². The van der Waals surface area contributed by atoms with Crippen LogP contribution in [0.3, 0.4) is 0 Å². The first-order chi connectivity index (χ1) is 11.4. The van der Waals surface area contributed by atoms with Gasteiger partial charge in [0.05, 0.1) is 11.0 Å². The van der Waals surface area contributed by atoms with Crippen LogP contribution >= 0.6 is 11.6 Å². The topological polar surface area (TPSA) is 75.5 Å². The molecular formula is C17H18ClN3O3. The number of nitrogens with one attached hydrogen (secondary N) is 1. The summed E-state index contributed by atoms with van der Waals surface area (Å²) in [5.74, 6) is -0.521. The molecule has 6 nitrogen and oxygen atoms in total. The summed E-state index contributed by atoms with van der Waals surface area (Å²) in [7, 11) is 3.82. The number of nitrogens with zero attached hydrogens (tertiary/aromatic N) is 2. The number of rotatable bonds is 6. The van der Waals surface area contributed by atoms with E-state index < -0.39 is 10.8 Å². The average Bonchev–Trinajstić information content (AvgIpc) is 2.55. The Hall–Kier alpha value is -2.44. The molecule has 2 rings (SSSR count). The van der Waals surface area contributed by atoms with E-state index in [-0.39, 0.29) is 22.3 Å². The van der Waals surface area contributed by atoms with Gasteiger partial charge < -0.3 is 10.2 Å². The van der Waals surface area contributed by atoms with Gasteiger partial charge in [-0.2, -0.15) is 0 Å². The third-order valence-corrected chi connectivity index (χ3v) is 3.98. The van der Waals surface area contributed by atoms with Crippen LogP contribution in [0.25, 0.3) is 0 Å². The van der Waals surface area contributed by atoms with E-state index in [4.69, 9.17) is 11.6 Å². The monoisotopic (exact) mass is 347 g/mol. The van der Waals surface area contributed by atoms with Gasteiger partial charge in [-0.3, -0.25) is 14.9 Å². The Kier molecular flexibility index (Phi) is 5.89. The lowest BCUT2D eigenvalue weighted by Gasteiger charge is -2.25. The molecule has 2 aromatic carbocycles. The molecule has 0 aliphatic rings. The number of likely N-dealkylation sites (N-methyl/N-ethyl adjacent to an activating group) is 1. The van der Waals surface area contributed by atoms with Crippen molar-refractivity contribution in [3.63, 3.8) is 0 Å². The normalized spacial score (nSPS) is 12.0. The minimum Gasteiger partial charge on any atom is -0.350 e. The van der Waals surface area contributed by atoms with Gasteiger partial charge in [0.2, 0.25) is 0 Å². The smallest absolute Gasteiger partial charge is 0.300 e. The highest BCUT2D eigenvalue weighted by Gasteiger charge is 2.24. The minimum atomic E-state index is -0.641. The molecule has 2 aromatic rings. The standard InChI is InChI=1S/C17H18ClN3O3/c1-20(2)15(12-7-4-3-5-8-12)11-19-17(22)13-9-6-10-14(18)16(13)21(23)24/h3-10,15H,11H2,1-2H3,(H,19,22)/t15-/m1/s1. The van der Waals surface area contributed by atoms with E-state index in [1.165, 1.54) is 18.2 Å². The van der Waals surface area contributed by atoms with Crippen LogP contribution in [0.2, 0.25) is 5.02 Å². The Morgan fingerprint density at radius 3 is 2.46 bits per heavy atom. The lowest BCUT2D eigenvalue weighted by Crippen LogP contribution is -2.34. The molecule has 0 spiro atoms. The maximum absolute atomic E-state index is 12.4. The molecule has 1 amide bonds. The molecule has 126 valence electrons. The van der Waals surface area contributed by atoms with Crippen molar-refractivity contribution in [2.45, 2.75) is 6.04 Å². The molecule has 0 saturated heterocycles. The van der Waals surface area contributed by atoms with E-state index in [9.17, 15) is 14.9 Å². The van der Waals surface area contributed by atoms with Crippen molar-refractivity contribution < 1.29 is 9.72 Å². The average molecular weight is 348 g/mol. The lowest BCUT2D eigenvalue weighted by molar-refractivity contribution is -0.385. The summed E-state index contributed by atoms with van der Waals surface area (Å²) < 4.78 is 0. The van der Waals surface area contributed by atoms with Crippen molar-refractivity contribution in [2.75, 3.05) is 20.6 Å². The largest absolute Gasteiger partial charge is 0.350 e. The summed E-state index contributed by atoms with van der Waals surface area (Å²) in [6.07, 6.45) is 0. The van der Waals surface area contributed by atoms with Crippen LogP contribution in [0.4, 0.5) is 5.69 Å². The van der Waals surface area contributed by atoms with E-state index in [2.05, 4.69) is 5.32 Å². The zero-order chi connectivity index (χ0) is 17.7. The molecule has 1 N–H and O–H groups in total. The van der Waals surface area contributed by atoms with Crippen molar-refractivity contribution in [3.05, 3.63) is 74.8 Å². The van der Waals surface area contributed by atoms with Crippen LogP contribution in [0.15, 0.2) is 48.5 Å². The molecule has 0 bridgehead atoms. The zero-order valence-electron chi connectivity index (χ0n) is 13.4. The summed E-state index contributed by atoms with van der Waals surface area (Å²) >= 11 is 5.85. The maximum atomic E-state index is 12.4. The first-order valence-electron chi connectivity index (χ1n) is 7.34. The second-order valence-electron chi connectivity index (χ2n) is 5.49. The van der Waals surface area contributed by atoms with Gasteiger partial charge in [0.25, 0.3) is 5.91 Å². The third kappa shape index (κ3) is 4.10. The zero-order valence-corrected chi connectivity index (χ0v) is 14.2. The number of amides is 1. The third-order valence-electron chi connectivity index (χ3n) is 3.68. The summed E-state index contributed by atoms with van der Waals surface area (Å²) in [6, 6.07) is 14.0. The van der Waals surface area contributed by atoms with Crippen LogP contribution in [-0.4, -0.2) is 36.4 Å². The highest BCUT2D eigenvalue weighted by Crippen LogP contribution is 2.28. The molecule has 0 fully saturated rings. The molecule has 0 aliphatic carbocycles. The second kappa shape index (κ2) is 7.90. The molecule has 0 heterocycles. The Balaban J connectivity index is 2.18. The van der Waals surface area contributed by atoms with Gasteiger partial charge in [0, 0.05) is 6.54 Å². The molecule has 0 aromatic heterocycles. The van der Waals surface area contributed by atoms with Crippen molar-refractivity contribution >= 4 is 23.2 Å². The summed E-state index contributed by atoms with van der Waals surface area (Å²) in [5, 5.41) is 13.8. The molecule has 0 aliphatic heterocycles. The predicted octanol–water partition coefficient (Wildman–Crippen LogP) is 3.28. The Morgan fingerprint density at radius 1 is 1.21 bits per heavy atom. The number of hydrogen-bond acceptors (Lipinski definition) is 4. The number of carbonyl (C=O) groups excluding carboxylic acids is 1. The predicted molar refractivity (Wildman–Crippen MR) is 93.3 cm³/mol. The van der Waals surface area contributed by atoms with E-state index >= 15 is 0 Å². The summed E-state index contributed by atoms with van der Waals surface area (Å²) in [5.41, 5.74) is 0.624. The highest BCUT2D eigenvalue weighted by molar-refractivity contribution is 6.33. The number of halogens is 1. The fourth-order valence-electron chi connectivity index (χ4n) is 2.44. The maximum Gasteiger partial charge on any atom is 0.300 e. The van der Waals surface area contributed by atoms with Crippen LogP contribution in [0, 0.1) is 10.1 Å². The van der Waals surface area contributed by atoms with E-state index in [0.29, 0.717) is 6.54 Å². The quantitative estimate of drug-likeness (QED) is 0.642. The van der Waals surface area contributed by atoms with E-state index in [1.54, 1.807) is 0 Å². The van der Waals surface area contributed by atoms with Gasteiger partial charge in [-0.1, -0.05) is 48.0 Å². The Bertz CT molecular complexity index is 735. The fourth-order valence-corrected chi connectivity index (χ4v) is 2.69. The molecule has 7 heteroatoms. The molecule has 1 atom stereocenters. The van der Waals surface area contributed by atoms with Crippen molar-refractivity contribution in [1.29, 1.82) is 0 Å². The molecule has 0 saturated carbocycles. The summed E-state index contributed by atoms with van der Waals surface area (Å²) in [6.45, 7) is 0.319. The number of para-hydroxylation sites is 1. The first kappa shape index (κ1) is 17.9. The van der Waals surface area contributed by atoms with Gasteiger partial charge in [-0.15, -0.1) is 0 Å². The second-order valence-corrected chi connectivity index (χ2v) is 5.90.